The fourth-order valence-corrected chi connectivity index (χ4v) is 6.22. The monoisotopic (exact) mass is 532 g/mol. The fraction of sp³-hybridized carbons (Fsp3) is 0.174. The van der Waals surface area contributed by atoms with Gasteiger partial charge in [0.2, 0.25) is 5.95 Å². The zero-order chi connectivity index (χ0) is 25.4. The van der Waals surface area contributed by atoms with E-state index in [1.165, 1.54) is 35.7 Å². The van der Waals surface area contributed by atoms with Crippen LogP contribution in [0.1, 0.15) is 23.9 Å². The average Bonchev–Trinajstić information content (AvgIpc) is 3.52. The number of thiazole rings is 1. The van der Waals surface area contributed by atoms with Gasteiger partial charge in [-0.25, -0.2) is 36.5 Å². The van der Waals surface area contributed by atoms with E-state index in [4.69, 9.17) is 5.73 Å². The maximum atomic E-state index is 15.7. The Kier molecular flexibility index (Phi) is 6.36. The summed E-state index contributed by atoms with van der Waals surface area (Å²) in [6.45, 7) is 0.831. The number of nitrogens with zero attached hydrogens (tertiary/aromatic N) is 3. The first-order valence-electron chi connectivity index (χ1n) is 10.8. The molecule has 0 bridgehead atoms. The summed E-state index contributed by atoms with van der Waals surface area (Å²) >= 11 is 1.33. The third kappa shape index (κ3) is 4.64. The Bertz CT molecular complexity index is 1560. The van der Waals surface area contributed by atoms with Crippen LogP contribution in [-0.2, 0) is 10.0 Å². The molecule has 4 N–H and O–H groups in total. The molecule has 3 heterocycles. The van der Waals surface area contributed by atoms with Crippen LogP contribution in [0.3, 0.4) is 0 Å². The van der Waals surface area contributed by atoms with Gasteiger partial charge in [-0.05, 0) is 55.8 Å². The number of hydrogen-bond acceptors (Lipinski definition) is 8. The second kappa shape index (κ2) is 9.48. The van der Waals surface area contributed by atoms with Gasteiger partial charge < -0.3 is 11.1 Å². The SMILES string of the molecule is Nc1nccc(-c2sc(C3CCCN3)nc2-c2cccc(NS(=O)(=O)c3cc(F)ccc3F)c2F)n1. The van der Waals surface area contributed by atoms with Crippen molar-refractivity contribution in [3.63, 3.8) is 0 Å². The summed E-state index contributed by atoms with van der Waals surface area (Å²) in [6, 6.07) is 7.67. The van der Waals surface area contributed by atoms with Crippen molar-refractivity contribution in [2.45, 2.75) is 23.8 Å². The van der Waals surface area contributed by atoms with E-state index in [0.717, 1.165) is 30.5 Å². The molecule has 1 unspecified atom stereocenters. The van der Waals surface area contributed by atoms with Crippen molar-refractivity contribution in [3.05, 3.63) is 71.1 Å². The van der Waals surface area contributed by atoms with E-state index in [-0.39, 0.29) is 23.2 Å². The van der Waals surface area contributed by atoms with Crippen molar-refractivity contribution in [1.82, 2.24) is 20.3 Å². The van der Waals surface area contributed by atoms with Crippen LogP contribution < -0.4 is 15.8 Å². The Morgan fingerprint density at radius 1 is 1.11 bits per heavy atom. The summed E-state index contributed by atoms with van der Waals surface area (Å²) in [5.41, 5.74) is 6.00. The molecule has 4 aromatic rings. The van der Waals surface area contributed by atoms with Crippen LogP contribution in [0.5, 0.6) is 0 Å². The third-order valence-electron chi connectivity index (χ3n) is 5.59. The molecule has 0 aliphatic carbocycles. The van der Waals surface area contributed by atoms with Gasteiger partial charge in [-0.3, -0.25) is 4.72 Å². The van der Waals surface area contributed by atoms with E-state index in [1.807, 2.05) is 4.72 Å². The van der Waals surface area contributed by atoms with Crippen LogP contribution in [0, 0.1) is 17.5 Å². The number of sulfonamides is 1. The van der Waals surface area contributed by atoms with E-state index < -0.39 is 38.1 Å². The maximum absolute atomic E-state index is 15.7. The lowest BCUT2D eigenvalue weighted by atomic mass is 10.1. The number of hydrogen-bond donors (Lipinski definition) is 3. The molecule has 8 nitrogen and oxygen atoms in total. The number of rotatable bonds is 6. The highest BCUT2D eigenvalue weighted by molar-refractivity contribution is 7.92. The topological polar surface area (TPSA) is 123 Å². The molecule has 1 fully saturated rings. The smallest absolute Gasteiger partial charge is 0.265 e. The number of nitrogens with two attached hydrogens (primary N) is 1. The van der Waals surface area contributed by atoms with Gasteiger partial charge in [-0.1, -0.05) is 6.07 Å². The van der Waals surface area contributed by atoms with Crippen molar-refractivity contribution in [2.75, 3.05) is 17.0 Å². The van der Waals surface area contributed by atoms with Crippen LogP contribution in [0.2, 0.25) is 0 Å². The van der Waals surface area contributed by atoms with Gasteiger partial charge in [-0.15, -0.1) is 11.3 Å². The van der Waals surface area contributed by atoms with Gasteiger partial charge in [0.05, 0.1) is 28.0 Å². The Morgan fingerprint density at radius 2 is 1.94 bits per heavy atom. The van der Waals surface area contributed by atoms with Gasteiger partial charge in [0.1, 0.15) is 21.5 Å². The Balaban J connectivity index is 1.60. The quantitative estimate of drug-likeness (QED) is 0.334. The van der Waals surface area contributed by atoms with Crippen LogP contribution in [-0.4, -0.2) is 29.9 Å². The van der Waals surface area contributed by atoms with Gasteiger partial charge in [-0.2, -0.15) is 0 Å². The standard InChI is InChI=1S/C23H19F3N6O2S2/c24-12-6-7-14(25)18(11-12)36(33,34)32-15-4-1-3-13(19(15)26)20-21(16-8-10-29-23(27)30-16)35-22(31-20)17-5-2-9-28-17/h1,3-4,6-8,10-11,17,28,32H,2,5,9H2,(H2,27,29,30). The van der Waals surface area contributed by atoms with Crippen LogP contribution >= 0.6 is 11.3 Å². The lowest BCUT2D eigenvalue weighted by Crippen LogP contribution is -2.16. The van der Waals surface area contributed by atoms with Crippen molar-refractivity contribution in [2.24, 2.45) is 0 Å². The number of aromatic nitrogens is 3. The number of anilines is 2. The molecule has 5 rings (SSSR count). The number of benzene rings is 2. The van der Waals surface area contributed by atoms with Gasteiger partial charge in [0.15, 0.2) is 5.82 Å². The van der Waals surface area contributed by atoms with Crippen molar-refractivity contribution >= 4 is 33.0 Å². The predicted octanol–water partition coefficient (Wildman–Crippen LogP) is 4.49. The summed E-state index contributed by atoms with van der Waals surface area (Å²) in [5.74, 6) is -3.02. The summed E-state index contributed by atoms with van der Waals surface area (Å²) in [6.07, 6.45) is 3.31. The van der Waals surface area contributed by atoms with Crippen molar-refractivity contribution in [1.29, 1.82) is 0 Å². The highest BCUT2D eigenvalue weighted by atomic mass is 32.2. The lowest BCUT2D eigenvalue weighted by Gasteiger charge is -2.12. The molecule has 1 atom stereocenters. The first kappa shape index (κ1) is 24.2. The highest BCUT2D eigenvalue weighted by Gasteiger charge is 2.27. The zero-order valence-corrected chi connectivity index (χ0v) is 20.1. The second-order valence-corrected chi connectivity index (χ2v) is 10.7. The van der Waals surface area contributed by atoms with Gasteiger partial charge in [0, 0.05) is 11.8 Å². The predicted molar refractivity (Wildman–Crippen MR) is 130 cm³/mol. The molecule has 13 heteroatoms. The van der Waals surface area contributed by atoms with E-state index in [2.05, 4.69) is 20.3 Å². The van der Waals surface area contributed by atoms with E-state index in [0.29, 0.717) is 22.7 Å². The molecule has 0 amide bonds. The van der Waals surface area contributed by atoms with Crippen LogP contribution in [0.15, 0.2) is 53.6 Å². The molecule has 1 aliphatic heterocycles. The molecule has 0 spiro atoms. The number of halogens is 3. The molecule has 0 saturated carbocycles. The zero-order valence-electron chi connectivity index (χ0n) is 18.5. The first-order chi connectivity index (χ1) is 17.2. The minimum Gasteiger partial charge on any atom is -0.368 e. The van der Waals surface area contributed by atoms with Crippen molar-refractivity contribution < 1.29 is 21.6 Å². The van der Waals surface area contributed by atoms with Crippen LogP contribution in [0.25, 0.3) is 21.8 Å². The number of nitrogens with one attached hydrogen (secondary N) is 2. The van der Waals surface area contributed by atoms with E-state index >= 15 is 4.39 Å². The van der Waals surface area contributed by atoms with E-state index in [1.54, 1.807) is 6.07 Å². The molecular formula is C23H19F3N6O2S2. The second-order valence-electron chi connectivity index (χ2n) is 8.03. The number of nitrogen functional groups attached to an aromatic ring is 1. The van der Waals surface area contributed by atoms with E-state index in [9.17, 15) is 17.2 Å². The summed E-state index contributed by atoms with van der Waals surface area (Å²) < 4.78 is 70.9. The molecule has 36 heavy (non-hydrogen) atoms. The average molecular weight is 533 g/mol. The van der Waals surface area contributed by atoms with Crippen molar-refractivity contribution in [3.8, 4) is 21.8 Å². The largest absolute Gasteiger partial charge is 0.368 e. The lowest BCUT2D eigenvalue weighted by molar-refractivity contribution is 0.555. The Hall–Kier alpha value is -3.55. The fourth-order valence-electron chi connectivity index (χ4n) is 3.91. The highest BCUT2D eigenvalue weighted by Crippen LogP contribution is 2.41. The normalized spacial score (nSPS) is 15.8. The van der Waals surface area contributed by atoms with Crippen LogP contribution in [0.4, 0.5) is 24.8 Å². The summed E-state index contributed by atoms with van der Waals surface area (Å²) in [4.78, 5) is 12.4. The molecule has 1 saturated heterocycles. The summed E-state index contributed by atoms with van der Waals surface area (Å²) in [7, 11) is -4.63. The molecule has 0 radical (unpaired) electrons. The Labute approximate surface area is 208 Å². The molecule has 2 aromatic heterocycles. The minimum atomic E-state index is -4.63. The van der Waals surface area contributed by atoms with Gasteiger partial charge in [0.25, 0.3) is 10.0 Å². The molecule has 1 aliphatic rings. The molecular weight excluding hydrogens is 513 g/mol. The molecule has 2 aromatic carbocycles. The van der Waals surface area contributed by atoms with Gasteiger partial charge >= 0.3 is 0 Å². The maximum Gasteiger partial charge on any atom is 0.265 e. The third-order valence-corrected chi connectivity index (χ3v) is 8.16. The summed E-state index contributed by atoms with van der Waals surface area (Å²) in [5, 5.41) is 4.08. The minimum absolute atomic E-state index is 0.00240. The first-order valence-corrected chi connectivity index (χ1v) is 13.1. The Morgan fingerprint density at radius 3 is 2.69 bits per heavy atom. The molecule has 186 valence electrons.